The maximum Gasteiger partial charge on any atom is 0.244 e. The van der Waals surface area contributed by atoms with Crippen LogP contribution in [0, 0.1) is 0 Å². The summed E-state index contributed by atoms with van der Waals surface area (Å²) in [4.78, 5) is 15.4. The molecular formula is C20H23N5O3. The van der Waals surface area contributed by atoms with Gasteiger partial charge in [0, 0.05) is 38.3 Å². The Morgan fingerprint density at radius 1 is 1.18 bits per heavy atom. The van der Waals surface area contributed by atoms with Crippen LogP contribution in [0.25, 0.3) is 11.5 Å². The molecule has 0 unspecified atom stereocenters. The van der Waals surface area contributed by atoms with Crippen molar-refractivity contribution in [3.05, 3.63) is 54.3 Å². The first-order chi connectivity index (χ1) is 13.8. The molecular weight excluding hydrogens is 358 g/mol. The van der Waals surface area contributed by atoms with E-state index in [4.69, 9.17) is 14.0 Å². The third-order valence-electron chi connectivity index (χ3n) is 4.74. The number of methoxy groups -OCH3 is 1. The molecule has 0 bridgehead atoms. The number of hydrogen-bond acceptors (Lipinski definition) is 8. The van der Waals surface area contributed by atoms with E-state index in [0.29, 0.717) is 36.4 Å². The summed E-state index contributed by atoms with van der Waals surface area (Å²) in [5.74, 6) is 1.81. The Morgan fingerprint density at radius 2 is 2.07 bits per heavy atom. The van der Waals surface area contributed by atoms with Gasteiger partial charge in [-0.2, -0.15) is 4.98 Å². The highest BCUT2D eigenvalue weighted by atomic mass is 16.5. The first-order valence-electron chi connectivity index (χ1n) is 9.38. The van der Waals surface area contributed by atoms with Crippen LogP contribution in [-0.4, -0.2) is 51.9 Å². The van der Waals surface area contributed by atoms with Gasteiger partial charge in [-0.3, -0.25) is 14.9 Å². The molecule has 1 atom stereocenters. The lowest BCUT2D eigenvalue weighted by molar-refractivity contribution is 0.146. The molecule has 1 fully saturated rings. The highest BCUT2D eigenvalue weighted by Gasteiger charge is 2.31. The summed E-state index contributed by atoms with van der Waals surface area (Å²) < 4.78 is 16.2. The van der Waals surface area contributed by atoms with Gasteiger partial charge in [0.1, 0.15) is 18.1 Å². The molecule has 8 heteroatoms. The van der Waals surface area contributed by atoms with E-state index < -0.39 is 0 Å². The van der Waals surface area contributed by atoms with E-state index >= 15 is 0 Å². The van der Waals surface area contributed by atoms with Crippen LogP contribution in [0.5, 0.6) is 5.75 Å². The highest BCUT2D eigenvalue weighted by molar-refractivity contribution is 5.50. The molecule has 0 saturated carbocycles. The summed E-state index contributed by atoms with van der Waals surface area (Å²) in [6.45, 7) is 2.85. The molecule has 0 amide bonds. The van der Waals surface area contributed by atoms with Gasteiger partial charge < -0.3 is 14.0 Å². The Labute approximate surface area is 163 Å². The Balaban J connectivity index is 1.47. The normalized spacial score (nSPS) is 17.1. The summed E-state index contributed by atoms with van der Waals surface area (Å²) >= 11 is 0. The molecule has 3 aromatic rings. The number of likely N-dealkylation sites (tertiary alicyclic amines) is 1. The number of hydrogen-bond donors (Lipinski definition) is 0. The van der Waals surface area contributed by atoms with Gasteiger partial charge >= 0.3 is 0 Å². The average molecular weight is 381 g/mol. The lowest BCUT2D eigenvalue weighted by atomic mass is 10.2. The fourth-order valence-electron chi connectivity index (χ4n) is 3.36. The second-order valence-electron chi connectivity index (χ2n) is 6.66. The molecule has 4 heterocycles. The van der Waals surface area contributed by atoms with E-state index in [1.165, 1.54) is 5.56 Å². The van der Waals surface area contributed by atoms with Gasteiger partial charge in [0.2, 0.25) is 11.7 Å². The SMILES string of the molecule is COCCOc1ccnc(-c2noc([C@@H]3CCCN3Cc3ccncc3)n2)c1. The third kappa shape index (κ3) is 4.35. The van der Waals surface area contributed by atoms with E-state index in [0.717, 1.165) is 25.9 Å². The van der Waals surface area contributed by atoms with Crippen LogP contribution in [0.3, 0.4) is 0 Å². The minimum absolute atomic E-state index is 0.121. The van der Waals surface area contributed by atoms with Crippen molar-refractivity contribution in [2.75, 3.05) is 26.9 Å². The van der Waals surface area contributed by atoms with Gasteiger partial charge in [-0.05, 0) is 43.1 Å². The summed E-state index contributed by atoms with van der Waals surface area (Å²) in [6.07, 6.45) is 7.42. The lowest BCUT2D eigenvalue weighted by Gasteiger charge is -2.21. The van der Waals surface area contributed by atoms with Crippen LogP contribution >= 0.6 is 0 Å². The van der Waals surface area contributed by atoms with Gasteiger partial charge in [0.05, 0.1) is 12.6 Å². The van der Waals surface area contributed by atoms with E-state index in [1.807, 2.05) is 30.6 Å². The molecule has 146 valence electrons. The minimum Gasteiger partial charge on any atom is -0.491 e. The maximum atomic E-state index is 5.63. The van der Waals surface area contributed by atoms with Crippen LogP contribution in [-0.2, 0) is 11.3 Å². The van der Waals surface area contributed by atoms with Crippen LogP contribution < -0.4 is 4.74 Å². The summed E-state index contributed by atoms with van der Waals surface area (Å²) in [7, 11) is 1.64. The summed E-state index contributed by atoms with van der Waals surface area (Å²) in [5, 5.41) is 4.14. The van der Waals surface area contributed by atoms with E-state index in [2.05, 4.69) is 25.0 Å². The zero-order valence-corrected chi connectivity index (χ0v) is 15.8. The van der Waals surface area contributed by atoms with Crippen molar-refractivity contribution in [1.29, 1.82) is 0 Å². The van der Waals surface area contributed by atoms with Gasteiger partial charge in [-0.1, -0.05) is 5.16 Å². The standard InChI is InChI=1S/C20H23N5O3/c1-26-11-12-27-16-6-9-22-17(13-16)19-23-20(28-24-19)18-3-2-10-25(18)14-15-4-7-21-8-5-15/h4-9,13,18H,2-3,10-12,14H2,1H3/t18-/m0/s1. The monoisotopic (exact) mass is 381 g/mol. The molecule has 8 nitrogen and oxygen atoms in total. The number of ether oxygens (including phenoxy) is 2. The fourth-order valence-corrected chi connectivity index (χ4v) is 3.36. The van der Waals surface area contributed by atoms with Crippen LogP contribution in [0.2, 0.25) is 0 Å². The molecule has 0 aliphatic carbocycles. The Morgan fingerprint density at radius 3 is 2.93 bits per heavy atom. The summed E-state index contributed by atoms with van der Waals surface area (Å²) in [6, 6.07) is 7.80. The van der Waals surface area contributed by atoms with Crippen LogP contribution in [0.1, 0.15) is 30.3 Å². The van der Waals surface area contributed by atoms with Crippen molar-refractivity contribution in [3.63, 3.8) is 0 Å². The summed E-state index contributed by atoms with van der Waals surface area (Å²) in [5.41, 5.74) is 1.85. The third-order valence-corrected chi connectivity index (χ3v) is 4.74. The maximum absolute atomic E-state index is 5.63. The molecule has 4 rings (SSSR count). The molecule has 0 aromatic carbocycles. The smallest absolute Gasteiger partial charge is 0.244 e. The molecule has 1 saturated heterocycles. The van der Waals surface area contributed by atoms with Crippen LogP contribution in [0.4, 0.5) is 0 Å². The minimum atomic E-state index is 0.121. The van der Waals surface area contributed by atoms with Gasteiger partial charge in [-0.25, -0.2) is 0 Å². The topological polar surface area (TPSA) is 86.4 Å². The molecule has 0 spiro atoms. The van der Waals surface area contributed by atoms with E-state index in [-0.39, 0.29) is 6.04 Å². The van der Waals surface area contributed by atoms with Crippen molar-refractivity contribution in [2.45, 2.75) is 25.4 Å². The first-order valence-corrected chi connectivity index (χ1v) is 9.38. The largest absolute Gasteiger partial charge is 0.491 e. The zero-order valence-electron chi connectivity index (χ0n) is 15.8. The van der Waals surface area contributed by atoms with Crippen molar-refractivity contribution in [3.8, 4) is 17.3 Å². The van der Waals surface area contributed by atoms with Crippen molar-refractivity contribution in [2.24, 2.45) is 0 Å². The van der Waals surface area contributed by atoms with Crippen LogP contribution in [0.15, 0.2) is 47.4 Å². The zero-order chi connectivity index (χ0) is 19.2. The quantitative estimate of drug-likeness (QED) is 0.551. The average Bonchev–Trinajstić information content (AvgIpc) is 3.39. The Bertz CT molecular complexity index is 886. The predicted molar refractivity (Wildman–Crippen MR) is 102 cm³/mol. The molecule has 0 radical (unpaired) electrons. The fraction of sp³-hybridized carbons (Fsp3) is 0.400. The second kappa shape index (κ2) is 8.90. The molecule has 3 aromatic heterocycles. The van der Waals surface area contributed by atoms with Gasteiger partial charge in [0.15, 0.2) is 0 Å². The van der Waals surface area contributed by atoms with Crippen molar-refractivity contribution >= 4 is 0 Å². The first kappa shape index (κ1) is 18.5. The van der Waals surface area contributed by atoms with Gasteiger partial charge in [-0.15, -0.1) is 0 Å². The number of pyridine rings is 2. The van der Waals surface area contributed by atoms with E-state index in [1.54, 1.807) is 19.4 Å². The predicted octanol–water partition coefficient (Wildman–Crippen LogP) is 2.89. The molecule has 0 N–H and O–H groups in total. The number of nitrogens with zero attached hydrogens (tertiary/aromatic N) is 5. The number of rotatable bonds is 8. The van der Waals surface area contributed by atoms with Gasteiger partial charge in [0.25, 0.3) is 0 Å². The Hall–Kier alpha value is -2.84. The molecule has 1 aliphatic heterocycles. The van der Waals surface area contributed by atoms with Crippen molar-refractivity contribution in [1.82, 2.24) is 25.0 Å². The van der Waals surface area contributed by atoms with E-state index in [9.17, 15) is 0 Å². The van der Waals surface area contributed by atoms with Crippen molar-refractivity contribution < 1.29 is 14.0 Å². The highest BCUT2D eigenvalue weighted by Crippen LogP contribution is 2.33. The Kier molecular flexibility index (Phi) is 5.89. The molecule has 1 aliphatic rings. The second-order valence-corrected chi connectivity index (χ2v) is 6.66. The number of aromatic nitrogens is 4. The molecule has 28 heavy (non-hydrogen) atoms. The lowest BCUT2D eigenvalue weighted by Crippen LogP contribution is -2.23.